The second-order valence-corrected chi connectivity index (χ2v) is 7.48. The first-order valence-electron chi connectivity index (χ1n) is 9.03. The van der Waals surface area contributed by atoms with Gasteiger partial charge in [0, 0.05) is 0 Å². The van der Waals surface area contributed by atoms with Crippen LogP contribution in [0, 0.1) is 46.5 Å². The summed E-state index contributed by atoms with van der Waals surface area (Å²) in [5, 5.41) is 0. The highest BCUT2D eigenvalue weighted by atomic mass is 19.4. The maximum atomic E-state index is 14.5. The summed E-state index contributed by atoms with van der Waals surface area (Å²) < 4.78 is 276. The molecule has 1 aliphatic rings. The molecule has 39 heavy (non-hydrogen) atoms. The molecule has 0 nitrogen and oxygen atoms in total. The number of benzene rings is 2. The van der Waals surface area contributed by atoms with Crippen LogP contribution in [0.15, 0.2) is 0 Å². The molecule has 0 atom stereocenters. The number of allylic oxidation sites excluding steroid dienone is 2. The minimum atomic E-state index is -7.20. The average molecular weight is 608 g/mol. The van der Waals surface area contributed by atoms with Gasteiger partial charge in [-0.15, -0.1) is 0 Å². The summed E-state index contributed by atoms with van der Waals surface area (Å²) in [6, 6.07) is 0. The minimum absolute atomic E-state index is 3.58. The molecule has 0 aromatic heterocycles. The number of rotatable bonds is 2. The van der Waals surface area contributed by atoms with Gasteiger partial charge in [-0.2, -0.15) is 52.7 Å². The SMILES string of the molecule is Fc1c(F)c(C(F)(F)F)c(F)c(F)c1C1=C(c2c(F)c(F)c(C(F)(F)F)c(F)c2F)C(F)(F)C(F)(F)C1(F)F. The van der Waals surface area contributed by atoms with Gasteiger partial charge in [0.1, 0.15) is 11.1 Å². The molecule has 0 spiro atoms. The fourth-order valence-electron chi connectivity index (χ4n) is 3.59. The van der Waals surface area contributed by atoms with Crippen LogP contribution in [0.4, 0.5) is 87.8 Å². The summed E-state index contributed by atoms with van der Waals surface area (Å²) in [6.07, 6.45) is -12.8. The number of halogens is 20. The Balaban J connectivity index is 2.71. The second-order valence-electron chi connectivity index (χ2n) is 7.48. The van der Waals surface area contributed by atoms with E-state index in [1.165, 1.54) is 0 Å². The Morgan fingerprint density at radius 3 is 0.744 bits per heavy atom. The first-order valence-corrected chi connectivity index (χ1v) is 9.03. The van der Waals surface area contributed by atoms with Crippen LogP contribution in [0.1, 0.15) is 22.3 Å². The monoisotopic (exact) mass is 608 g/mol. The van der Waals surface area contributed by atoms with E-state index in [9.17, 15) is 87.8 Å². The van der Waals surface area contributed by atoms with Crippen LogP contribution >= 0.6 is 0 Å². The third kappa shape index (κ3) is 3.83. The van der Waals surface area contributed by atoms with Crippen LogP contribution in [0.2, 0.25) is 0 Å². The Morgan fingerprint density at radius 1 is 0.359 bits per heavy atom. The molecule has 2 aromatic carbocycles. The molecule has 0 aliphatic heterocycles. The Hall–Kier alpha value is -3.22. The van der Waals surface area contributed by atoms with Gasteiger partial charge < -0.3 is 0 Å². The van der Waals surface area contributed by atoms with Crippen molar-refractivity contribution in [1.82, 2.24) is 0 Å². The van der Waals surface area contributed by atoms with Crippen molar-refractivity contribution in [1.29, 1.82) is 0 Å². The Bertz CT molecular complexity index is 1260. The third-order valence-electron chi connectivity index (χ3n) is 5.26. The highest BCUT2D eigenvalue weighted by Gasteiger charge is 2.81. The Morgan fingerprint density at radius 2 is 0.564 bits per heavy atom. The predicted octanol–water partition coefficient (Wildman–Crippen LogP) is 8.67. The van der Waals surface area contributed by atoms with E-state index in [4.69, 9.17) is 0 Å². The molecule has 3 rings (SSSR count). The van der Waals surface area contributed by atoms with E-state index in [2.05, 4.69) is 0 Å². The molecule has 0 heterocycles. The van der Waals surface area contributed by atoms with Gasteiger partial charge >= 0.3 is 30.1 Å². The molecule has 20 heteroatoms. The van der Waals surface area contributed by atoms with E-state index in [0.29, 0.717) is 0 Å². The quantitative estimate of drug-likeness (QED) is 0.237. The zero-order valence-corrected chi connectivity index (χ0v) is 17.1. The fraction of sp³-hybridized carbons (Fsp3) is 0.263. The van der Waals surface area contributed by atoms with Gasteiger partial charge in [-0.1, -0.05) is 0 Å². The first kappa shape index (κ1) is 30.3. The largest absolute Gasteiger partial charge is 0.422 e. The molecular weight excluding hydrogens is 608 g/mol. The molecule has 0 bridgehead atoms. The van der Waals surface area contributed by atoms with E-state index >= 15 is 0 Å². The first-order chi connectivity index (χ1) is 17.3. The van der Waals surface area contributed by atoms with Gasteiger partial charge in [0.2, 0.25) is 0 Å². The van der Waals surface area contributed by atoms with Crippen LogP contribution in [0.5, 0.6) is 0 Å². The third-order valence-corrected chi connectivity index (χ3v) is 5.26. The Kier molecular flexibility index (Phi) is 6.52. The van der Waals surface area contributed by atoms with Crippen molar-refractivity contribution in [3.05, 3.63) is 68.8 Å². The summed E-state index contributed by atoms with van der Waals surface area (Å²) in [7, 11) is 0. The normalized spacial score (nSPS) is 18.8. The van der Waals surface area contributed by atoms with Crippen LogP contribution in [0.25, 0.3) is 11.1 Å². The van der Waals surface area contributed by atoms with Crippen LogP contribution in [-0.2, 0) is 12.4 Å². The molecular formula is C19F20. The summed E-state index contributed by atoms with van der Waals surface area (Å²) in [5.74, 6) is -51.3. The molecule has 0 saturated carbocycles. The maximum absolute atomic E-state index is 14.5. The zero-order chi connectivity index (χ0) is 30.6. The molecule has 0 fully saturated rings. The highest BCUT2D eigenvalue weighted by Crippen LogP contribution is 2.66. The summed E-state index contributed by atoms with van der Waals surface area (Å²) >= 11 is 0. The lowest BCUT2D eigenvalue weighted by Gasteiger charge is -2.26. The number of hydrogen-bond donors (Lipinski definition) is 0. The van der Waals surface area contributed by atoms with E-state index in [0.717, 1.165) is 0 Å². The number of alkyl halides is 12. The average Bonchev–Trinajstić information content (AvgIpc) is 2.85. The lowest BCUT2D eigenvalue weighted by atomic mass is 9.91. The molecule has 2 aromatic rings. The minimum Gasteiger partial charge on any atom is -0.203 e. The summed E-state index contributed by atoms with van der Waals surface area (Å²) in [4.78, 5) is 0. The molecule has 0 saturated heterocycles. The molecule has 0 unspecified atom stereocenters. The predicted molar refractivity (Wildman–Crippen MR) is 84.2 cm³/mol. The molecule has 216 valence electrons. The fourth-order valence-corrected chi connectivity index (χ4v) is 3.59. The molecule has 0 N–H and O–H groups in total. The van der Waals surface area contributed by atoms with E-state index in [-0.39, 0.29) is 0 Å². The molecule has 0 amide bonds. The van der Waals surface area contributed by atoms with E-state index < -0.39 is 110 Å². The van der Waals surface area contributed by atoms with Crippen molar-refractivity contribution in [2.75, 3.05) is 0 Å². The van der Waals surface area contributed by atoms with Gasteiger partial charge in [0.15, 0.2) is 46.5 Å². The van der Waals surface area contributed by atoms with Gasteiger partial charge in [-0.25, -0.2) is 35.1 Å². The van der Waals surface area contributed by atoms with Crippen molar-refractivity contribution in [2.24, 2.45) is 0 Å². The van der Waals surface area contributed by atoms with Crippen LogP contribution < -0.4 is 0 Å². The second kappa shape index (κ2) is 8.39. The van der Waals surface area contributed by atoms with Crippen molar-refractivity contribution in [3.63, 3.8) is 0 Å². The molecule has 0 radical (unpaired) electrons. The number of hydrogen-bond acceptors (Lipinski definition) is 0. The zero-order valence-electron chi connectivity index (χ0n) is 17.1. The lowest BCUT2D eigenvalue weighted by Crippen LogP contribution is -2.49. The standard InChI is InChI=1S/C19F20/c20-7-1(8(21)12(25)5(11(7)24)17(32,33)34)3-4(16(30,31)19(38,39)15(3,28)29)2-9(22)13(26)6(18(35,36)37)14(27)10(2)23. The lowest BCUT2D eigenvalue weighted by molar-refractivity contribution is -0.254. The van der Waals surface area contributed by atoms with Crippen LogP contribution in [0.3, 0.4) is 0 Å². The van der Waals surface area contributed by atoms with Crippen LogP contribution in [-0.4, -0.2) is 17.8 Å². The van der Waals surface area contributed by atoms with Gasteiger partial charge in [0.05, 0.1) is 22.3 Å². The van der Waals surface area contributed by atoms with Crippen molar-refractivity contribution in [2.45, 2.75) is 30.1 Å². The van der Waals surface area contributed by atoms with E-state index in [1.807, 2.05) is 0 Å². The van der Waals surface area contributed by atoms with Gasteiger partial charge in [-0.05, 0) is 0 Å². The van der Waals surface area contributed by atoms with Gasteiger partial charge in [0.25, 0.3) is 0 Å². The molecule has 1 aliphatic carbocycles. The van der Waals surface area contributed by atoms with Crippen molar-refractivity contribution in [3.8, 4) is 0 Å². The smallest absolute Gasteiger partial charge is 0.203 e. The van der Waals surface area contributed by atoms with Gasteiger partial charge in [-0.3, -0.25) is 0 Å². The van der Waals surface area contributed by atoms with Crippen molar-refractivity contribution < 1.29 is 87.8 Å². The summed E-state index contributed by atoms with van der Waals surface area (Å²) in [5.41, 5.74) is -22.2. The van der Waals surface area contributed by atoms with E-state index in [1.54, 1.807) is 0 Å². The topological polar surface area (TPSA) is 0 Å². The Labute approximate surface area is 199 Å². The maximum Gasteiger partial charge on any atom is 0.422 e. The highest BCUT2D eigenvalue weighted by molar-refractivity contribution is 6.01. The van der Waals surface area contributed by atoms with Crippen molar-refractivity contribution >= 4 is 11.1 Å². The summed E-state index contributed by atoms with van der Waals surface area (Å²) in [6.45, 7) is 0.